The van der Waals surface area contributed by atoms with Crippen LogP contribution in [-0.4, -0.2) is 45.6 Å². The van der Waals surface area contributed by atoms with E-state index in [-0.39, 0.29) is 12.2 Å². The molecule has 5 nitrogen and oxygen atoms in total. The van der Waals surface area contributed by atoms with Gasteiger partial charge in [-0.25, -0.2) is 0 Å². The fourth-order valence-corrected chi connectivity index (χ4v) is 2.78. The molecule has 1 N–H and O–H groups in total. The summed E-state index contributed by atoms with van der Waals surface area (Å²) >= 11 is 0. The van der Waals surface area contributed by atoms with E-state index in [2.05, 4.69) is 5.32 Å². The molecule has 2 aromatic carbocycles. The van der Waals surface area contributed by atoms with Crippen LogP contribution < -0.4 is 14.8 Å². The van der Waals surface area contributed by atoms with E-state index in [4.69, 9.17) is 18.9 Å². The minimum Gasteiger partial charge on any atom is -0.488 e. The van der Waals surface area contributed by atoms with E-state index in [1.165, 1.54) is 0 Å². The summed E-state index contributed by atoms with van der Waals surface area (Å²) in [7, 11) is 1.68. The van der Waals surface area contributed by atoms with Crippen LogP contribution in [0.2, 0.25) is 0 Å². The highest BCUT2D eigenvalue weighted by Gasteiger charge is 2.27. The number of rotatable bonds is 8. The van der Waals surface area contributed by atoms with E-state index in [9.17, 15) is 0 Å². The molecule has 0 bridgehead atoms. The predicted octanol–water partition coefficient (Wildman–Crippen LogP) is 3.25. The smallest absolute Gasteiger partial charge is 0.127 e. The van der Waals surface area contributed by atoms with E-state index in [1.807, 2.05) is 54.6 Å². The molecular formula is C20H25NO4. The molecule has 1 saturated heterocycles. The summed E-state index contributed by atoms with van der Waals surface area (Å²) in [5.74, 6) is 2.44. The Hall–Kier alpha value is -2.08. The molecule has 0 aromatic heterocycles. The second-order valence-electron chi connectivity index (χ2n) is 5.94. The Bertz CT molecular complexity index is 617. The molecule has 0 aliphatic carbocycles. The van der Waals surface area contributed by atoms with E-state index < -0.39 is 0 Å². The van der Waals surface area contributed by atoms with Crippen molar-refractivity contribution >= 4 is 0 Å². The Balaban J connectivity index is 1.56. The van der Waals surface area contributed by atoms with Gasteiger partial charge in [-0.15, -0.1) is 0 Å². The number of methoxy groups -OCH3 is 1. The number of hydrogen-bond donors (Lipinski definition) is 1. The lowest BCUT2D eigenvalue weighted by molar-refractivity contribution is -0.0529. The highest BCUT2D eigenvalue weighted by molar-refractivity contribution is 5.35. The van der Waals surface area contributed by atoms with Gasteiger partial charge < -0.3 is 24.3 Å². The number of hydrogen-bond acceptors (Lipinski definition) is 5. The SMILES string of the molecule is COCCOC1CNCCC1Oc1ccc(Oc2ccccc2)cc1. The third kappa shape index (κ3) is 5.46. The number of para-hydroxylation sites is 1. The van der Waals surface area contributed by atoms with E-state index in [0.29, 0.717) is 13.2 Å². The summed E-state index contributed by atoms with van der Waals surface area (Å²) < 4.78 is 22.9. The van der Waals surface area contributed by atoms with Gasteiger partial charge in [-0.1, -0.05) is 18.2 Å². The minimum absolute atomic E-state index is 0.0316. The van der Waals surface area contributed by atoms with Gasteiger partial charge in [0.2, 0.25) is 0 Å². The van der Waals surface area contributed by atoms with Crippen LogP contribution >= 0.6 is 0 Å². The Morgan fingerprint density at radius 3 is 2.36 bits per heavy atom. The first-order chi connectivity index (χ1) is 12.3. The first kappa shape index (κ1) is 17.7. The molecular weight excluding hydrogens is 318 g/mol. The predicted molar refractivity (Wildman–Crippen MR) is 96.5 cm³/mol. The first-order valence-corrected chi connectivity index (χ1v) is 8.66. The molecule has 2 unspecified atom stereocenters. The summed E-state index contributed by atoms with van der Waals surface area (Å²) in [4.78, 5) is 0. The van der Waals surface area contributed by atoms with Crippen LogP contribution in [0.5, 0.6) is 17.2 Å². The van der Waals surface area contributed by atoms with Crippen molar-refractivity contribution in [2.24, 2.45) is 0 Å². The largest absolute Gasteiger partial charge is 0.488 e. The molecule has 0 spiro atoms. The number of benzene rings is 2. The van der Waals surface area contributed by atoms with Gasteiger partial charge in [0.25, 0.3) is 0 Å². The third-order valence-corrected chi connectivity index (χ3v) is 4.08. The van der Waals surface area contributed by atoms with Gasteiger partial charge in [0.1, 0.15) is 29.5 Å². The summed E-state index contributed by atoms with van der Waals surface area (Å²) in [6.07, 6.45) is 0.989. The summed E-state index contributed by atoms with van der Waals surface area (Å²) in [5.41, 5.74) is 0. The van der Waals surface area contributed by atoms with Crippen LogP contribution in [-0.2, 0) is 9.47 Å². The molecule has 134 valence electrons. The quantitative estimate of drug-likeness (QED) is 0.746. The van der Waals surface area contributed by atoms with Gasteiger partial charge in [-0.2, -0.15) is 0 Å². The molecule has 2 atom stereocenters. The maximum atomic E-state index is 6.14. The molecule has 0 amide bonds. The van der Waals surface area contributed by atoms with Crippen molar-refractivity contribution in [3.63, 3.8) is 0 Å². The Morgan fingerprint density at radius 2 is 1.60 bits per heavy atom. The van der Waals surface area contributed by atoms with Crippen LogP contribution in [0.4, 0.5) is 0 Å². The molecule has 0 saturated carbocycles. The number of piperidine rings is 1. The fraction of sp³-hybridized carbons (Fsp3) is 0.400. The third-order valence-electron chi connectivity index (χ3n) is 4.08. The standard InChI is InChI=1S/C20H25NO4/c1-22-13-14-23-20-15-21-12-11-19(20)25-18-9-7-17(8-10-18)24-16-5-3-2-4-6-16/h2-10,19-21H,11-15H2,1H3. The van der Waals surface area contributed by atoms with Gasteiger partial charge in [0.15, 0.2) is 0 Å². The zero-order valence-electron chi connectivity index (χ0n) is 14.5. The zero-order valence-corrected chi connectivity index (χ0v) is 14.5. The van der Waals surface area contributed by atoms with Crippen molar-refractivity contribution in [3.05, 3.63) is 54.6 Å². The Labute approximate surface area is 148 Å². The molecule has 1 heterocycles. The highest BCUT2D eigenvalue weighted by atomic mass is 16.6. The first-order valence-electron chi connectivity index (χ1n) is 8.66. The van der Waals surface area contributed by atoms with Gasteiger partial charge >= 0.3 is 0 Å². The zero-order chi connectivity index (χ0) is 17.3. The van der Waals surface area contributed by atoms with Crippen molar-refractivity contribution in [2.75, 3.05) is 33.4 Å². The van der Waals surface area contributed by atoms with Crippen LogP contribution in [0.3, 0.4) is 0 Å². The van der Waals surface area contributed by atoms with E-state index in [0.717, 1.165) is 36.8 Å². The molecule has 25 heavy (non-hydrogen) atoms. The maximum absolute atomic E-state index is 6.14. The molecule has 3 rings (SSSR count). The average molecular weight is 343 g/mol. The molecule has 1 fully saturated rings. The summed E-state index contributed by atoms with van der Waals surface area (Å²) in [6.45, 7) is 2.90. The monoisotopic (exact) mass is 343 g/mol. The highest BCUT2D eigenvalue weighted by Crippen LogP contribution is 2.25. The van der Waals surface area contributed by atoms with Gasteiger partial charge in [0.05, 0.1) is 13.2 Å². The normalized spacial score (nSPS) is 20.2. The van der Waals surface area contributed by atoms with Crippen LogP contribution in [0, 0.1) is 0 Å². The van der Waals surface area contributed by atoms with Crippen molar-refractivity contribution in [3.8, 4) is 17.2 Å². The van der Waals surface area contributed by atoms with Gasteiger partial charge in [0, 0.05) is 13.7 Å². The van der Waals surface area contributed by atoms with E-state index in [1.54, 1.807) is 7.11 Å². The molecule has 1 aliphatic heterocycles. The van der Waals surface area contributed by atoms with Crippen LogP contribution in [0.15, 0.2) is 54.6 Å². The summed E-state index contributed by atoms with van der Waals surface area (Å²) in [6, 6.07) is 17.4. The van der Waals surface area contributed by atoms with Crippen LogP contribution in [0.25, 0.3) is 0 Å². The lowest BCUT2D eigenvalue weighted by atomic mass is 10.1. The maximum Gasteiger partial charge on any atom is 0.127 e. The van der Waals surface area contributed by atoms with Crippen molar-refractivity contribution < 1.29 is 18.9 Å². The van der Waals surface area contributed by atoms with Crippen molar-refractivity contribution in [2.45, 2.75) is 18.6 Å². The number of ether oxygens (including phenoxy) is 4. The minimum atomic E-state index is 0.0316. The number of nitrogens with one attached hydrogen (secondary N) is 1. The molecule has 5 heteroatoms. The van der Waals surface area contributed by atoms with Crippen molar-refractivity contribution in [1.82, 2.24) is 5.32 Å². The average Bonchev–Trinajstić information content (AvgIpc) is 2.66. The molecule has 2 aromatic rings. The lowest BCUT2D eigenvalue weighted by Crippen LogP contribution is -2.48. The Morgan fingerprint density at radius 1 is 0.880 bits per heavy atom. The second kappa shape index (κ2) is 9.42. The molecule has 1 aliphatic rings. The van der Waals surface area contributed by atoms with Crippen LogP contribution in [0.1, 0.15) is 6.42 Å². The fourth-order valence-electron chi connectivity index (χ4n) is 2.78. The second-order valence-corrected chi connectivity index (χ2v) is 5.94. The molecule has 0 radical (unpaired) electrons. The van der Waals surface area contributed by atoms with E-state index >= 15 is 0 Å². The van der Waals surface area contributed by atoms with Gasteiger partial charge in [-0.3, -0.25) is 0 Å². The van der Waals surface area contributed by atoms with Crippen molar-refractivity contribution in [1.29, 1.82) is 0 Å². The Kier molecular flexibility index (Phi) is 6.68. The van der Waals surface area contributed by atoms with Gasteiger partial charge in [-0.05, 0) is 49.4 Å². The lowest BCUT2D eigenvalue weighted by Gasteiger charge is -2.32. The topological polar surface area (TPSA) is 49.0 Å². The summed E-state index contributed by atoms with van der Waals surface area (Å²) in [5, 5.41) is 3.35.